The number of carbonyl (C=O) groups is 1. The van der Waals surface area contributed by atoms with E-state index in [0.717, 1.165) is 18.2 Å². The average molecular weight is 391 g/mol. The second-order valence-corrected chi connectivity index (χ2v) is 5.55. The van der Waals surface area contributed by atoms with Gasteiger partial charge in [0, 0.05) is 5.02 Å². The Morgan fingerprint density at radius 3 is 2.58 bits per heavy atom. The number of halogens is 4. The Labute approximate surface area is 151 Å². The van der Waals surface area contributed by atoms with Gasteiger partial charge in [0.15, 0.2) is 11.6 Å². The number of hydrogen-bond acceptors (Lipinski definition) is 5. The van der Waals surface area contributed by atoms with E-state index < -0.39 is 48.4 Å². The minimum absolute atomic E-state index is 0.0987. The van der Waals surface area contributed by atoms with Gasteiger partial charge < -0.3 is 15.5 Å². The number of aliphatic hydroxyl groups excluding tert-OH is 2. The molecule has 2 rings (SSSR count). The SMILES string of the molecule is O=C(NOCC(O)CO)c1ccc(F)c(F)c1Nc1ccc(Cl)cc1F. The number of anilines is 2. The molecule has 1 amide bonds. The van der Waals surface area contributed by atoms with Gasteiger partial charge in [0.2, 0.25) is 0 Å². The van der Waals surface area contributed by atoms with Crippen LogP contribution in [-0.2, 0) is 4.84 Å². The highest BCUT2D eigenvalue weighted by atomic mass is 35.5. The fourth-order valence-corrected chi connectivity index (χ4v) is 2.06. The largest absolute Gasteiger partial charge is 0.394 e. The Balaban J connectivity index is 2.27. The van der Waals surface area contributed by atoms with Crippen molar-refractivity contribution >= 4 is 28.9 Å². The summed E-state index contributed by atoms with van der Waals surface area (Å²) in [6.07, 6.45) is -1.24. The molecule has 0 aliphatic carbocycles. The van der Waals surface area contributed by atoms with Gasteiger partial charge in [0.25, 0.3) is 5.91 Å². The van der Waals surface area contributed by atoms with E-state index in [1.807, 2.05) is 5.48 Å². The molecule has 2 aromatic carbocycles. The van der Waals surface area contributed by atoms with E-state index >= 15 is 0 Å². The number of aliphatic hydroxyl groups is 2. The van der Waals surface area contributed by atoms with Crippen LogP contribution in [0.25, 0.3) is 0 Å². The number of carbonyl (C=O) groups excluding carboxylic acids is 1. The van der Waals surface area contributed by atoms with E-state index in [0.29, 0.717) is 0 Å². The molecule has 0 aromatic heterocycles. The van der Waals surface area contributed by atoms with Crippen LogP contribution >= 0.6 is 11.6 Å². The molecule has 0 heterocycles. The van der Waals surface area contributed by atoms with E-state index in [-0.39, 0.29) is 16.3 Å². The second-order valence-electron chi connectivity index (χ2n) is 5.11. The van der Waals surface area contributed by atoms with Crippen LogP contribution in [0.2, 0.25) is 5.02 Å². The van der Waals surface area contributed by atoms with Crippen molar-refractivity contribution < 1.29 is 33.0 Å². The molecule has 1 atom stereocenters. The molecule has 10 heteroatoms. The Kier molecular flexibility index (Phi) is 6.81. The number of hydroxylamine groups is 1. The first kappa shape index (κ1) is 20.0. The van der Waals surface area contributed by atoms with E-state index in [4.69, 9.17) is 21.8 Å². The zero-order valence-electron chi connectivity index (χ0n) is 13.1. The minimum atomic E-state index is -1.40. The Bertz CT molecular complexity index is 807. The molecular weight excluding hydrogens is 377 g/mol. The zero-order valence-corrected chi connectivity index (χ0v) is 13.9. The van der Waals surface area contributed by atoms with Gasteiger partial charge >= 0.3 is 0 Å². The highest BCUT2D eigenvalue weighted by Gasteiger charge is 2.20. The maximum absolute atomic E-state index is 14.1. The van der Waals surface area contributed by atoms with Crippen LogP contribution in [-0.4, -0.2) is 35.4 Å². The van der Waals surface area contributed by atoms with Gasteiger partial charge in [-0.3, -0.25) is 9.63 Å². The van der Waals surface area contributed by atoms with Gasteiger partial charge in [0.05, 0.1) is 23.5 Å². The van der Waals surface area contributed by atoms with E-state index in [9.17, 15) is 18.0 Å². The lowest BCUT2D eigenvalue weighted by Gasteiger charge is -2.15. The minimum Gasteiger partial charge on any atom is -0.394 e. The predicted molar refractivity (Wildman–Crippen MR) is 87.6 cm³/mol. The molecule has 0 saturated heterocycles. The van der Waals surface area contributed by atoms with Crippen molar-refractivity contribution in [2.24, 2.45) is 0 Å². The molecule has 6 nitrogen and oxygen atoms in total. The number of rotatable bonds is 7. The molecule has 4 N–H and O–H groups in total. The fourth-order valence-electron chi connectivity index (χ4n) is 1.90. The summed E-state index contributed by atoms with van der Waals surface area (Å²) >= 11 is 5.63. The van der Waals surface area contributed by atoms with Gasteiger partial charge in [-0.1, -0.05) is 11.6 Å². The van der Waals surface area contributed by atoms with E-state index in [2.05, 4.69) is 10.2 Å². The molecule has 140 valence electrons. The highest BCUT2D eigenvalue weighted by molar-refractivity contribution is 6.30. The summed E-state index contributed by atoms with van der Waals surface area (Å²) in [4.78, 5) is 16.8. The van der Waals surface area contributed by atoms with E-state index in [1.54, 1.807) is 0 Å². The average Bonchev–Trinajstić information content (AvgIpc) is 2.60. The van der Waals surface area contributed by atoms with Crippen molar-refractivity contribution in [2.45, 2.75) is 6.10 Å². The normalized spacial score (nSPS) is 11.9. The summed E-state index contributed by atoms with van der Waals surface area (Å²) in [5.41, 5.74) is 0.681. The van der Waals surface area contributed by atoms with Crippen molar-refractivity contribution in [1.29, 1.82) is 0 Å². The molecule has 2 aromatic rings. The Hall–Kier alpha value is -2.33. The summed E-state index contributed by atoms with van der Waals surface area (Å²) in [7, 11) is 0. The molecule has 0 saturated carbocycles. The van der Waals surface area contributed by atoms with Crippen LogP contribution in [0.1, 0.15) is 10.4 Å². The van der Waals surface area contributed by atoms with Gasteiger partial charge in [-0.15, -0.1) is 0 Å². The smallest absolute Gasteiger partial charge is 0.277 e. The van der Waals surface area contributed by atoms with Crippen molar-refractivity contribution in [3.05, 3.63) is 58.4 Å². The second kappa shape index (κ2) is 8.86. The molecule has 0 aliphatic rings. The lowest BCUT2D eigenvalue weighted by Crippen LogP contribution is -2.30. The van der Waals surface area contributed by atoms with Crippen molar-refractivity contribution in [3.8, 4) is 0 Å². The monoisotopic (exact) mass is 390 g/mol. The third-order valence-corrected chi connectivity index (χ3v) is 3.42. The third-order valence-electron chi connectivity index (χ3n) is 3.18. The highest BCUT2D eigenvalue weighted by Crippen LogP contribution is 2.29. The Morgan fingerprint density at radius 2 is 1.92 bits per heavy atom. The molecule has 0 fully saturated rings. The van der Waals surface area contributed by atoms with E-state index in [1.165, 1.54) is 12.1 Å². The fraction of sp³-hybridized carbons (Fsp3) is 0.188. The molecule has 0 radical (unpaired) electrons. The summed E-state index contributed by atoms with van der Waals surface area (Å²) in [6.45, 7) is -1.02. The van der Waals surface area contributed by atoms with Crippen LogP contribution in [0.15, 0.2) is 30.3 Å². The summed E-state index contributed by atoms with van der Waals surface area (Å²) in [6, 6.07) is 5.16. The van der Waals surface area contributed by atoms with Gasteiger partial charge in [-0.05, 0) is 30.3 Å². The summed E-state index contributed by atoms with van der Waals surface area (Å²) in [5.74, 6) is -4.47. The van der Waals surface area contributed by atoms with Crippen LogP contribution in [0.4, 0.5) is 24.5 Å². The van der Waals surface area contributed by atoms with Gasteiger partial charge in [-0.2, -0.15) is 0 Å². The maximum Gasteiger partial charge on any atom is 0.277 e. The first-order valence-corrected chi connectivity index (χ1v) is 7.62. The number of nitrogens with one attached hydrogen (secondary N) is 2. The standard InChI is InChI=1S/C16H14ClF3N2O4/c17-8-1-4-13(12(19)5-8)21-15-10(2-3-11(18)14(15)20)16(25)22-26-7-9(24)6-23/h1-5,9,21,23-24H,6-7H2,(H,22,25). The quantitative estimate of drug-likeness (QED) is 0.545. The van der Waals surface area contributed by atoms with Gasteiger partial charge in [0.1, 0.15) is 18.5 Å². The molecular formula is C16H14ClF3N2O4. The molecule has 0 aliphatic heterocycles. The molecule has 0 bridgehead atoms. The van der Waals surface area contributed by atoms with Crippen molar-refractivity contribution in [2.75, 3.05) is 18.5 Å². The van der Waals surface area contributed by atoms with Crippen LogP contribution in [0, 0.1) is 17.5 Å². The number of hydrogen-bond donors (Lipinski definition) is 4. The predicted octanol–water partition coefficient (Wildman–Crippen LogP) is 2.52. The summed E-state index contributed by atoms with van der Waals surface area (Å²) < 4.78 is 41.6. The van der Waals surface area contributed by atoms with Crippen LogP contribution in [0.5, 0.6) is 0 Å². The number of benzene rings is 2. The molecule has 0 spiro atoms. The zero-order chi connectivity index (χ0) is 19.3. The topological polar surface area (TPSA) is 90.8 Å². The van der Waals surface area contributed by atoms with Crippen LogP contribution in [0.3, 0.4) is 0 Å². The Morgan fingerprint density at radius 1 is 1.19 bits per heavy atom. The van der Waals surface area contributed by atoms with Gasteiger partial charge in [-0.25, -0.2) is 18.7 Å². The van der Waals surface area contributed by atoms with Crippen LogP contribution < -0.4 is 10.8 Å². The lowest BCUT2D eigenvalue weighted by molar-refractivity contribution is -0.0295. The lowest BCUT2D eigenvalue weighted by atomic mass is 10.1. The third kappa shape index (κ3) is 4.85. The van der Waals surface area contributed by atoms with Crippen molar-refractivity contribution in [1.82, 2.24) is 5.48 Å². The first-order valence-electron chi connectivity index (χ1n) is 7.24. The maximum atomic E-state index is 14.1. The summed E-state index contributed by atoms with van der Waals surface area (Å²) in [5, 5.41) is 20.2. The molecule has 1 unspecified atom stereocenters. The first-order chi connectivity index (χ1) is 12.3. The van der Waals surface area contributed by atoms with Crippen molar-refractivity contribution in [3.63, 3.8) is 0 Å². The number of amides is 1. The molecule has 26 heavy (non-hydrogen) atoms.